The van der Waals surface area contributed by atoms with Gasteiger partial charge in [0.25, 0.3) is 10.0 Å². The fourth-order valence-electron chi connectivity index (χ4n) is 0.881. The third-order valence-electron chi connectivity index (χ3n) is 1.56. The van der Waals surface area contributed by atoms with E-state index in [4.69, 9.17) is 6.42 Å². The Labute approximate surface area is 88.2 Å². The van der Waals surface area contributed by atoms with Crippen LogP contribution in [0.2, 0.25) is 0 Å². The van der Waals surface area contributed by atoms with Gasteiger partial charge in [0.15, 0.2) is 0 Å². The lowest BCUT2D eigenvalue weighted by atomic mass is 10.4. The van der Waals surface area contributed by atoms with Crippen molar-refractivity contribution in [2.24, 2.45) is 0 Å². The molecule has 0 spiro atoms. The maximum Gasteiger partial charge on any atom is 0.251 e. The van der Waals surface area contributed by atoms with Gasteiger partial charge in [-0.1, -0.05) is 5.92 Å². The van der Waals surface area contributed by atoms with Crippen molar-refractivity contribution in [1.29, 1.82) is 0 Å². The molecule has 0 saturated carbocycles. The molecule has 3 nitrogen and oxygen atoms in total. The predicted molar refractivity (Wildman–Crippen MR) is 57.7 cm³/mol. The first-order valence-electron chi connectivity index (χ1n) is 4.00. The number of hydrogen-bond donors (Lipinski definition) is 1. The summed E-state index contributed by atoms with van der Waals surface area (Å²) < 4.78 is 25.9. The Balaban J connectivity index is 2.93. The van der Waals surface area contributed by atoms with Crippen LogP contribution in [0.1, 0.15) is 11.8 Å². The Kier molecular flexibility index (Phi) is 3.32. The van der Waals surface area contributed by atoms with Gasteiger partial charge < -0.3 is 0 Å². The molecule has 76 valence electrons. The van der Waals surface area contributed by atoms with Crippen LogP contribution < -0.4 is 4.72 Å². The monoisotopic (exact) mass is 229 g/mol. The first kappa shape index (κ1) is 11.2. The second kappa shape index (κ2) is 4.13. The quantitative estimate of drug-likeness (QED) is 0.795. The highest BCUT2D eigenvalue weighted by Crippen LogP contribution is 2.20. The van der Waals surface area contributed by atoms with Crippen LogP contribution in [0.15, 0.2) is 16.3 Å². The normalized spacial score (nSPS) is 13.5. The van der Waals surface area contributed by atoms with Gasteiger partial charge >= 0.3 is 0 Å². The molecule has 1 unspecified atom stereocenters. The third kappa shape index (κ3) is 2.58. The first-order valence-corrected chi connectivity index (χ1v) is 6.30. The van der Waals surface area contributed by atoms with Gasteiger partial charge in [-0.15, -0.1) is 17.8 Å². The van der Waals surface area contributed by atoms with E-state index in [2.05, 4.69) is 10.6 Å². The molecule has 1 aromatic rings. The van der Waals surface area contributed by atoms with Crippen LogP contribution in [-0.2, 0) is 10.0 Å². The summed E-state index contributed by atoms with van der Waals surface area (Å²) in [5.74, 6) is 2.31. The fourth-order valence-corrected chi connectivity index (χ4v) is 3.35. The van der Waals surface area contributed by atoms with Crippen LogP contribution in [0.25, 0.3) is 0 Å². The van der Waals surface area contributed by atoms with E-state index in [0.29, 0.717) is 4.21 Å². The van der Waals surface area contributed by atoms with Crippen LogP contribution in [0.4, 0.5) is 0 Å². The molecule has 5 heteroatoms. The van der Waals surface area contributed by atoms with Crippen LogP contribution in [-0.4, -0.2) is 14.5 Å². The summed E-state index contributed by atoms with van der Waals surface area (Å²) >= 11 is 1.23. The summed E-state index contributed by atoms with van der Waals surface area (Å²) in [6.07, 6.45) is 5.09. The molecule has 0 aromatic carbocycles. The zero-order chi connectivity index (χ0) is 10.8. The summed E-state index contributed by atoms with van der Waals surface area (Å²) in [4.78, 5) is 0.957. The topological polar surface area (TPSA) is 46.2 Å². The van der Waals surface area contributed by atoms with E-state index in [-0.39, 0.29) is 0 Å². The van der Waals surface area contributed by atoms with Gasteiger partial charge in [0.2, 0.25) is 0 Å². The van der Waals surface area contributed by atoms with E-state index in [0.717, 1.165) is 4.88 Å². The second-order valence-corrected chi connectivity index (χ2v) is 6.10. The lowest BCUT2D eigenvalue weighted by Gasteiger charge is -2.06. The number of hydrogen-bond acceptors (Lipinski definition) is 3. The van der Waals surface area contributed by atoms with E-state index in [1.54, 1.807) is 19.1 Å². The van der Waals surface area contributed by atoms with Crippen molar-refractivity contribution in [2.45, 2.75) is 24.1 Å². The molecule has 0 aliphatic rings. The number of thiophene rings is 1. The molecule has 0 saturated heterocycles. The van der Waals surface area contributed by atoms with E-state index < -0.39 is 16.1 Å². The molecule has 1 rings (SSSR count). The SMILES string of the molecule is C#CC(C)NS(=O)(=O)c1ccc(C)s1. The lowest BCUT2D eigenvalue weighted by molar-refractivity contribution is 0.580. The summed E-state index contributed by atoms with van der Waals surface area (Å²) in [6.45, 7) is 3.48. The summed E-state index contributed by atoms with van der Waals surface area (Å²) in [7, 11) is -3.42. The van der Waals surface area contributed by atoms with Crippen molar-refractivity contribution in [3.63, 3.8) is 0 Å². The van der Waals surface area contributed by atoms with Gasteiger partial charge in [-0.2, -0.15) is 4.72 Å². The average Bonchev–Trinajstić information content (AvgIpc) is 2.51. The van der Waals surface area contributed by atoms with E-state index in [9.17, 15) is 8.42 Å². The standard InChI is InChI=1S/C9H11NO2S2/c1-4-7(2)10-14(11,12)9-6-5-8(3)13-9/h1,5-7,10H,2-3H3. The minimum atomic E-state index is -3.42. The van der Waals surface area contributed by atoms with Gasteiger partial charge in [-0.3, -0.25) is 0 Å². The Morgan fingerprint density at radius 2 is 2.21 bits per heavy atom. The Bertz CT molecular complexity index is 453. The van der Waals surface area contributed by atoms with Crippen LogP contribution in [0, 0.1) is 19.3 Å². The van der Waals surface area contributed by atoms with Gasteiger partial charge in [-0.25, -0.2) is 8.42 Å². The number of rotatable bonds is 3. The third-order valence-corrected chi connectivity index (χ3v) is 4.60. The van der Waals surface area contributed by atoms with Crippen molar-refractivity contribution in [3.8, 4) is 12.3 Å². The molecule has 0 amide bonds. The molecule has 0 bridgehead atoms. The van der Waals surface area contributed by atoms with Crippen molar-refractivity contribution >= 4 is 21.4 Å². The fraction of sp³-hybridized carbons (Fsp3) is 0.333. The average molecular weight is 229 g/mol. The molecule has 0 fully saturated rings. The van der Waals surface area contributed by atoms with E-state index >= 15 is 0 Å². The first-order chi connectivity index (χ1) is 6.45. The Morgan fingerprint density at radius 1 is 1.57 bits per heavy atom. The predicted octanol–water partition coefficient (Wildman–Crippen LogP) is 1.36. The highest BCUT2D eigenvalue weighted by atomic mass is 32.2. The maximum atomic E-state index is 11.6. The summed E-state index contributed by atoms with van der Waals surface area (Å²) in [5, 5.41) is 0. The van der Waals surface area contributed by atoms with Crippen LogP contribution >= 0.6 is 11.3 Å². The van der Waals surface area contributed by atoms with Crippen LogP contribution in [0.3, 0.4) is 0 Å². The molecule has 1 heterocycles. The molecule has 1 N–H and O–H groups in total. The molecule has 0 aliphatic heterocycles. The number of sulfonamides is 1. The molecule has 14 heavy (non-hydrogen) atoms. The van der Waals surface area contributed by atoms with Crippen molar-refractivity contribution < 1.29 is 8.42 Å². The van der Waals surface area contributed by atoms with E-state index in [1.165, 1.54) is 11.3 Å². The lowest BCUT2D eigenvalue weighted by Crippen LogP contribution is -2.30. The van der Waals surface area contributed by atoms with Gasteiger partial charge in [0, 0.05) is 4.88 Å². The van der Waals surface area contributed by atoms with Gasteiger partial charge in [0.05, 0.1) is 6.04 Å². The Hall–Kier alpha value is -0.830. The van der Waals surface area contributed by atoms with Gasteiger partial charge in [-0.05, 0) is 26.0 Å². The number of aryl methyl sites for hydroxylation is 1. The molecule has 1 atom stereocenters. The zero-order valence-electron chi connectivity index (χ0n) is 7.94. The maximum absolute atomic E-state index is 11.6. The van der Waals surface area contributed by atoms with Crippen molar-refractivity contribution in [1.82, 2.24) is 4.72 Å². The Morgan fingerprint density at radius 3 is 2.64 bits per heavy atom. The minimum Gasteiger partial charge on any atom is -0.206 e. The number of nitrogens with one attached hydrogen (secondary N) is 1. The summed E-state index contributed by atoms with van der Waals surface area (Å²) in [6, 6.07) is 2.85. The molecule has 0 aliphatic carbocycles. The smallest absolute Gasteiger partial charge is 0.206 e. The highest BCUT2D eigenvalue weighted by molar-refractivity contribution is 7.91. The van der Waals surface area contributed by atoms with Crippen molar-refractivity contribution in [2.75, 3.05) is 0 Å². The van der Waals surface area contributed by atoms with Crippen LogP contribution in [0.5, 0.6) is 0 Å². The van der Waals surface area contributed by atoms with E-state index in [1.807, 2.05) is 6.92 Å². The molecule has 1 aromatic heterocycles. The highest BCUT2D eigenvalue weighted by Gasteiger charge is 2.17. The molecule has 0 radical (unpaired) electrons. The zero-order valence-corrected chi connectivity index (χ0v) is 9.58. The molecular formula is C9H11NO2S2. The summed E-state index contributed by atoms with van der Waals surface area (Å²) in [5.41, 5.74) is 0. The molecular weight excluding hydrogens is 218 g/mol. The minimum absolute atomic E-state index is 0.303. The number of terminal acetylenes is 1. The largest absolute Gasteiger partial charge is 0.251 e. The van der Waals surface area contributed by atoms with Gasteiger partial charge in [0.1, 0.15) is 4.21 Å². The van der Waals surface area contributed by atoms with Crippen molar-refractivity contribution in [3.05, 3.63) is 17.0 Å². The second-order valence-electron chi connectivity index (χ2n) is 2.87.